The average molecular weight is 337 g/mol. The van der Waals surface area contributed by atoms with E-state index < -0.39 is 0 Å². The molecule has 0 saturated heterocycles. The first kappa shape index (κ1) is 15.0. The Kier molecular flexibility index (Phi) is 4.78. The van der Waals surface area contributed by atoms with Crippen molar-refractivity contribution in [1.29, 1.82) is 0 Å². The summed E-state index contributed by atoms with van der Waals surface area (Å²) in [5, 5.41) is 3.40. The van der Waals surface area contributed by atoms with Gasteiger partial charge in [-0.1, -0.05) is 30.3 Å². The lowest BCUT2D eigenvalue weighted by Gasteiger charge is -2.31. The van der Waals surface area contributed by atoms with Crippen LogP contribution in [0.5, 0.6) is 0 Å². The van der Waals surface area contributed by atoms with Gasteiger partial charge in [0, 0.05) is 12.2 Å². The molecule has 1 atom stereocenters. The third kappa shape index (κ3) is 3.81. The maximum Gasteiger partial charge on any atom is 0.137 e. The van der Waals surface area contributed by atoms with Gasteiger partial charge in [-0.3, -0.25) is 0 Å². The van der Waals surface area contributed by atoms with Crippen molar-refractivity contribution in [2.45, 2.75) is 18.9 Å². The average Bonchev–Trinajstić information content (AvgIpc) is 2.44. The Balaban J connectivity index is 2.16. The van der Waals surface area contributed by atoms with Gasteiger partial charge in [-0.2, -0.15) is 0 Å². The summed E-state index contributed by atoms with van der Waals surface area (Å²) in [6.07, 6.45) is 0.805. The number of hydrogen-bond acceptors (Lipinski definition) is 2. The second-order valence-electron chi connectivity index (χ2n) is 5.18. The molecule has 2 rings (SSSR count). The van der Waals surface area contributed by atoms with Crippen LogP contribution in [-0.4, -0.2) is 12.1 Å². The van der Waals surface area contributed by atoms with Crippen LogP contribution in [0.4, 0.5) is 10.1 Å². The topological polar surface area (TPSA) is 38.0 Å². The van der Waals surface area contributed by atoms with Gasteiger partial charge in [0.05, 0.1) is 10.0 Å². The Morgan fingerprint density at radius 1 is 1.20 bits per heavy atom. The normalized spacial score (nSPS) is 13.8. The summed E-state index contributed by atoms with van der Waals surface area (Å²) in [7, 11) is 0. The van der Waals surface area contributed by atoms with E-state index >= 15 is 0 Å². The molecule has 0 saturated carbocycles. The molecule has 0 spiro atoms. The van der Waals surface area contributed by atoms with E-state index in [0.717, 1.165) is 12.1 Å². The first-order valence-electron chi connectivity index (χ1n) is 6.50. The molecule has 2 aromatic carbocycles. The van der Waals surface area contributed by atoms with E-state index in [1.54, 1.807) is 12.1 Å². The second kappa shape index (κ2) is 6.37. The lowest BCUT2D eigenvalue weighted by atomic mass is 9.92. The number of halogens is 2. The lowest BCUT2D eigenvalue weighted by Crippen LogP contribution is -2.44. The number of anilines is 1. The Bertz CT molecular complexity index is 574. The van der Waals surface area contributed by atoms with Crippen LogP contribution in [-0.2, 0) is 6.42 Å². The van der Waals surface area contributed by atoms with Gasteiger partial charge in [-0.25, -0.2) is 4.39 Å². The molecule has 0 aliphatic carbocycles. The van der Waals surface area contributed by atoms with E-state index in [0.29, 0.717) is 11.0 Å². The summed E-state index contributed by atoms with van der Waals surface area (Å²) < 4.78 is 13.7. The minimum absolute atomic E-state index is 0.270. The SMILES string of the molecule is CC(CN)(Cc1ccccc1)Nc1ccc(F)c(Br)c1. The molecule has 2 aromatic rings. The monoisotopic (exact) mass is 336 g/mol. The summed E-state index contributed by atoms with van der Waals surface area (Å²) in [4.78, 5) is 0. The Labute approximate surface area is 127 Å². The van der Waals surface area contributed by atoms with Crippen LogP contribution in [0.3, 0.4) is 0 Å². The standard InChI is InChI=1S/C16H18BrFN2/c1-16(11-19,10-12-5-3-2-4-6-12)20-13-7-8-15(18)14(17)9-13/h2-9,20H,10-11,19H2,1H3. The number of rotatable bonds is 5. The van der Waals surface area contributed by atoms with Gasteiger partial charge in [0.2, 0.25) is 0 Å². The van der Waals surface area contributed by atoms with Gasteiger partial charge < -0.3 is 11.1 Å². The van der Waals surface area contributed by atoms with Gasteiger partial charge >= 0.3 is 0 Å². The van der Waals surface area contributed by atoms with Crippen molar-refractivity contribution in [3.05, 3.63) is 64.4 Å². The Morgan fingerprint density at radius 3 is 2.50 bits per heavy atom. The van der Waals surface area contributed by atoms with Crippen molar-refractivity contribution in [3.8, 4) is 0 Å². The van der Waals surface area contributed by atoms with Crippen LogP contribution >= 0.6 is 15.9 Å². The van der Waals surface area contributed by atoms with E-state index in [9.17, 15) is 4.39 Å². The van der Waals surface area contributed by atoms with Crippen molar-refractivity contribution in [1.82, 2.24) is 0 Å². The van der Waals surface area contributed by atoms with E-state index in [1.165, 1.54) is 11.6 Å². The predicted octanol–water partition coefficient (Wildman–Crippen LogP) is 3.96. The van der Waals surface area contributed by atoms with E-state index in [-0.39, 0.29) is 11.4 Å². The number of benzene rings is 2. The molecule has 0 aliphatic heterocycles. The zero-order valence-corrected chi connectivity index (χ0v) is 13.0. The molecule has 0 bridgehead atoms. The summed E-state index contributed by atoms with van der Waals surface area (Å²) in [5.41, 5.74) is 7.71. The van der Waals surface area contributed by atoms with E-state index in [2.05, 4.69) is 40.3 Å². The van der Waals surface area contributed by atoms with Gasteiger partial charge in [-0.15, -0.1) is 0 Å². The molecular formula is C16H18BrFN2. The van der Waals surface area contributed by atoms with E-state index in [4.69, 9.17) is 5.73 Å². The van der Waals surface area contributed by atoms with Crippen molar-refractivity contribution in [3.63, 3.8) is 0 Å². The van der Waals surface area contributed by atoms with Crippen molar-refractivity contribution in [2.24, 2.45) is 5.73 Å². The maximum atomic E-state index is 13.3. The zero-order valence-electron chi connectivity index (χ0n) is 11.4. The zero-order chi connectivity index (χ0) is 14.6. The fourth-order valence-corrected chi connectivity index (χ4v) is 2.51. The molecule has 0 heterocycles. The minimum Gasteiger partial charge on any atom is -0.378 e. The van der Waals surface area contributed by atoms with Crippen molar-refractivity contribution in [2.75, 3.05) is 11.9 Å². The first-order chi connectivity index (χ1) is 9.52. The summed E-state index contributed by atoms with van der Waals surface area (Å²) >= 11 is 3.20. The van der Waals surface area contributed by atoms with Gasteiger partial charge in [0.15, 0.2) is 0 Å². The van der Waals surface area contributed by atoms with E-state index in [1.807, 2.05) is 18.2 Å². The number of nitrogens with two attached hydrogens (primary N) is 1. The highest BCUT2D eigenvalue weighted by atomic mass is 79.9. The van der Waals surface area contributed by atoms with Crippen molar-refractivity contribution < 1.29 is 4.39 Å². The molecule has 0 fully saturated rings. The molecule has 3 N–H and O–H groups in total. The maximum absolute atomic E-state index is 13.3. The fourth-order valence-electron chi connectivity index (χ4n) is 2.14. The molecule has 0 aliphatic rings. The highest BCUT2D eigenvalue weighted by Crippen LogP contribution is 2.24. The highest BCUT2D eigenvalue weighted by Gasteiger charge is 2.22. The largest absolute Gasteiger partial charge is 0.378 e. The smallest absolute Gasteiger partial charge is 0.137 e. The van der Waals surface area contributed by atoms with Crippen LogP contribution in [0.25, 0.3) is 0 Å². The molecule has 4 heteroatoms. The summed E-state index contributed by atoms with van der Waals surface area (Å²) in [5.74, 6) is -0.270. The fraction of sp³-hybridized carbons (Fsp3) is 0.250. The lowest BCUT2D eigenvalue weighted by molar-refractivity contribution is 0.520. The third-order valence-electron chi connectivity index (χ3n) is 3.25. The molecule has 2 nitrogen and oxygen atoms in total. The predicted molar refractivity (Wildman–Crippen MR) is 85.3 cm³/mol. The summed E-state index contributed by atoms with van der Waals surface area (Å²) in [6.45, 7) is 2.55. The summed E-state index contributed by atoms with van der Waals surface area (Å²) in [6, 6.07) is 15.1. The third-order valence-corrected chi connectivity index (χ3v) is 3.86. The molecule has 20 heavy (non-hydrogen) atoms. The molecule has 0 radical (unpaired) electrons. The second-order valence-corrected chi connectivity index (χ2v) is 6.04. The van der Waals surface area contributed by atoms with Crippen LogP contribution in [0.1, 0.15) is 12.5 Å². The van der Waals surface area contributed by atoms with Gasteiger partial charge in [0.25, 0.3) is 0 Å². The highest BCUT2D eigenvalue weighted by molar-refractivity contribution is 9.10. The van der Waals surface area contributed by atoms with Crippen LogP contribution in [0.15, 0.2) is 53.0 Å². The molecular weight excluding hydrogens is 319 g/mol. The molecule has 0 aromatic heterocycles. The molecule has 106 valence electrons. The Hall–Kier alpha value is -1.39. The number of hydrogen-bond donors (Lipinski definition) is 2. The molecule has 1 unspecified atom stereocenters. The first-order valence-corrected chi connectivity index (χ1v) is 7.29. The van der Waals surface area contributed by atoms with Crippen LogP contribution in [0, 0.1) is 5.82 Å². The van der Waals surface area contributed by atoms with Crippen molar-refractivity contribution >= 4 is 21.6 Å². The van der Waals surface area contributed by atoms with Gasteiger partial charge in [0.1, 0.15) is 5.82 Å². The Morgan fingerprint density at radius 2 is 1.90 bits per heavy atom. The van der Waals surface area contributed by atoms with Crippen LogP contribution in [0.2, 0.25) is 0 Å². The number of nitrogens with one attached hydrogen (secondary N) is 1. The van der Waals surface area contributed by atoms with Gasteiger partial charge in [-0.05, 0) is 53.0 Å². The quantitative estimate of drug-likeness (QED) is 0.867. The minimum atomic E-state index is -0.279. The van der Waals surface area contributed by atoms with Crippen LogP contribution < -0.4 is 11.1 Å². The molecule has 0 amide bonds.